The molecule has 0 saturated carbocycles. The van der Waals surface area contributed by atoms with Crippen molar-refractivity contribution in [2.75, 3.05) is 19.6 Å². The topological polar surface area (TPSA) is 58.1 Å². The van der Waals surface area contributed by atoms with Crippen molar-refractivity contribution in [3.63, 3.8) is 0 Å². The molecule has 1 fully saturated rings. The molecule has 2 aliphatic rings. The van der Waals surface area contributed by atoms with E-state index in [0.29, 0.717) is 0 Å². The molecule has 1 aliphatic carbocycles. The number of fused-ring (bicyclic) bond motifs is 2. The first-order valence-corrected chi connectivity index (χ1v) is 10.7. The number of piperidine rings is 1. The van der Waals surface area contributed by atoms with Gasteiger partial charge in [0.2, 0.25) is 0 Å². The number of aryl methyl sites for hydroxylation is 1. The molecule has 1 aliphatic heterocycles. The van der Waals surface area contributed by atoms with Gasteiger partial charge >= 0.3 is 6.03 Å². The lowest BCUT2D eigenvalue weighted by Gasteiger charge is -2.40. The maximum atomic E-state index is 12.7. The zero-order valence-electron chi connectivity index (χ0n) is 16.8. The second kappa shape index (κ2) is 8.29. The van der Waals surface area contributed by atoms with E-state index < -0.39 is 0 Å². The zero-order chi connectivity index (χ0) is 19.4. The van der Waals surface area contributed by atoms with Crippen molar-refractivity contribution in [3.8, 4) is 11.4 Å². The summed E-state index contributed by atoms with van der Waals surface area (Å²) in [7, 11) is 0. The van der Waals surface area contributed by atoms with Crippen LogP contribution in [0, 0.1) is 0 Å². The van der Waals surface area contributed by atoms with E-state index >= 15 is 0 Å². The van der Waals surface area contributed by atoms with E-state index in [-0.39, 0.29) is 11.4 Å². The molecule has 1 spiro atoms. The fourth-order valence-corrected chi connectivity index (χ4v) is 4.65. The van der Waals surface area contributed by atoms with Crippen molar-refractivity contribution in [1.82, 2.24) is 20.2 Å². The molecule has 1 aromatic heterocycles. The molecule has 148 valence electrons. The van der Waals surface area contributed by atoms with Crippen LogP contribution in [0.3, 0.4) is 0 Å². The number of carbonyl (C=O) groups excluding carboxylic acids is 1. The van der Waals surface area contributed by atoms with E-state index in [9.17, 15) is 4.79 Å². The second-order valence-corrected chi connectivity index (χ2v) is 8.18. The van der Waals surface area contributed by atoms with Gasteiger partial charge in [0.15, 0.2) is 5.82 Å². The lowest BCUT2D eigenvalue weighted by atomic mass is 9.77. The Bertz CT molecular complexity index is 819. The number of unbranched alkanes of at least 4 members (excludes halogenated alkanes) is 2. The Kier molecular flexibility index (Phi) is 5.60. The summed E-state index contributed by atoms with van der Waals surface area (Å²) in [6.07, 6.45) is 9.60. The molecule has 0 radical (unpaired) electrons. The van der Waals surface area contributed by atoms with Crippen LogP contribution in [-0.2, 0) is 11.8 Å². The van der Waals surface area contributed by atoms with Crippen LogP contribution < -0.4 is 5.32 Å². The van der Waals surface area contributed by atoms with Gasteiger partial charge in [-0.1, -0.05) is 50.1 Å². The van der Waals surface area contributed by atoms with Gasteiger partial charge in [0.05, 0.1) is 5.69 Å². The van der Waals surface area contributed by atoms with Crippen molar-refractivity contribution in [3.05, 3.63) is 47.8 Å². The summed E-state index contributed by atoms with van der Waals surface area (Å²) in [6, 6.07) is 10.2. The molecule has 2 heterocycles. The van der Waals surface area contributed by atoms with Gasteiger partial charge in [-0.15, -0.1) is 0 Å². The second-order valence-electron chi connectivity index (χ2n) is 8.18. The molecule has 1 N–H and O–H groups in total. The summed E-state index contributed by atoms with van der Waals surface area (Å²) in [6.45, 7) is 4.56. The van der Waals surface area contributed by atoms with Crippen molar-refractivity contribution >= 4 is 6.03 Å². The zero-order valence-corrected chi connectivity index (χ0v) is 16.8. The summed E-state index contributed by atoms with van der Waals surface area (Å²) in [5, 5.41) is 3.11. The molecule has 2 amide bonds. The average molecular weight is 379 g/mol. The minimum atomic E-state index is -0.0131. The number of nitrogens with zero attached hydrogens (tertiary/aromatic N) is 3. The van der Waals surface area contributed by atoms with E-state index in [2.05, 4.69) is 29.4 Å². The molecule has 1 saturated heterocycles. The highest BCUT2D eigenvalue weighted by Gasteiger charge is 2.44. The van der Waals surface area contributed by atoms with Crippen LogP contribution in [0.5, 0.6) is 0 Å². The molecule has 4 rings (SSSR count). The van der Waals surface area contributed by atoms with Gasteiger partial charge in [0.25, 0.3) is 0 Å². The number of rotatable bonds is 5. The van der Waals surface area contributed by atoms with Gasteiger partial charge in [-0.3, -0.25) is 0 Å². The lowest BCUT2D eigenvalue weighted by Crippen LogP contribution is -2.51. The van der Waals surface area contributed by atoms with E-state index in [1.165, 1.54) is 17.7 Å². The van der Waals surface area contributed by atoms with Gasteiger partial charge in [-0.2, -0.15) is 0 Å². The SMILES string of the molecule is CCCCCNC(=O)N1CCCC2(CCc3cnc(-c4ccccc4)nc32)C1. The average Bonchev–Trinajstić information content (AvgIpc) is 3.09. The Balaban J connectivity index is 1.52. The van der Waals surface area contributed by atoms with Crippen molar-refractivity contribution < 1.29 is 4.79 Å². The van der Waals surface area contributed by atoms with Crippen LogP contribution in [0.4, 0.5) is 4.79 Å². The standard InChI is InChI=1S/C23H30N4O/c1-2-3-7-14-24-22(28)27-15-8-12-23(17-27)13-11-19-16-25-21(26-20(19)23)18-9-5-4-6-10-18/h4-6,9-10,16H,2-3,7-8,11-15,17H2,1H3,(H,24,28). The molecule has 1 atom stereocenters. The molecule has 0 bridgehead atoms. The number of benzene rings is 1. The predicted octanol–water partition coefficient (Wildman–Crippen LogP) is 4.32. The first-order chi connectivity index (χ1) is 13.7. The summed E-state index contributed by atoms with van der Waals surface area (Å²) >= 11 is 0. The van der Waals surface area contributed by atoms with E-state index in [0.717, 1.165) is 69.5 Å². The number of nitrogens with one attached hydrogen (secondary N) is 1. The highest BCUT2D eigenvalue weighted by atomic mass is 16.2. The molecular weight excluding hydrogens is 348 g/mol. The van der Waals surface area contributed by atoms with E-state index in [1.54, 1.807) is 0 Å². The smallest absolute Gasteiger partial charge is 0.317 e. The van der Waals surface area contributed by atoms with E-state index in [4.69, 9.17) is 4.98 Å². The van der Waals surface area contributed by atoms with Gasteiger partial charge in [0, 0.05) is 36.8 Å². The number of likely N-dealkylation sites (tertiary alicyclic amines) is 1. The first-order valence-electron chi connectivity index (χ1n) is 10.7. The molecule has 1 unspecified atom stereocenters. The van der Waals surface area contributed by atoms with Gasteiger partial charge in [-0.25, -0.2) is 14.8 Å². The largest absolute Gasteiger partial charge is 0.338 e. The number of aromatic nitrogens is 2. The minimum Gasteiger partial charge on any atom is -0.338 e. The summed E-state index contributed by atoms with van der Waals surface area (Å²) in [5.41, 5.74) is 3.46. The quantitative estimate of drug-likeness (QED) is 0.788. The van der Waals surface area contributed by atoms with E-state index in [1.807, 2.05) is 29.3 Å². The number of hydrogen-bond donors (Lipinski definition) is 1. The molecule has 5 heteroatoms. The molecule has 28 heavy (non-hydrogen) atoms. The number of carbonyl (C=O) groups is 1. The Morgan fingerprint density at radius 2 is 2.07 bits per heavy atom. The highest BCUT2D eigenvalue weighted by molar-refractivity contribution is 5.74. The lowest BCUT2D eigenvalue weighted by molar-refractivity contribution is 0.147. The van der Waals surface area contributed by atoms with Crippen LogP contribution in [0.2, 0.25) is 0 Å². The van der Waals surface area contributed by atoms with Crippen molar-refractivity contribution in [2.45, 2.75) is 57.3 Å². The number of hydrogen-bond acceptors (Lipinski definition) is 3. The normalized spacial score (nSPS) is 21.0. The maximum absolute atomic E-state index is 12.7. The first kappa shape index (κ1) is 18.9. The van der Waals surface area contributed by atoms with Crippen LogP contribution in [0.15, 0.2) is 36.5 Å². The summed E-state index contributed by atoms with van der Waals surface area (Å²) in [4.78, 5) is 24.3. The third kappa shape index (κ3) is 3.75. The monoisotopic (exact) mass is 378 g/mol. The van der Waals surface area contributed by atoms with Crippen molar-refractivity contribution in [1.29, 1.82) is 0 Å². The van der Waals surface area contributed by atoms with Gasteiger partial charge in [-0.05, 0) is 37.7 Å². The third-order valence-corrected chi connectivity index (χ3v) is 6.19. The van der Waals surface area contributed by atoms with Crippen LogP contribution in [0.25, 0.3) is 11.4 Å². The summed E-state index contributed by atoms with van der Waals surface area (Å²) in [5.74, 6) is 0.793. The Morgan fingerprint density at radius 1 is 1.21 bits per heavy atom. The Hall–Kier alpha value is -2.43. The highest BCUT2D eigenvalue weighted by Crippen LogP contribution is 2.44. The molecule has 2 aromatic rings. The van der Waals surface area contributed by atoms with Gasteiger partial charge < -0.3 is 10.2 Å². The summed E-state index contributed by atoms with van der Waals surface area (Å²) < 4.78 is 0. The number of amides is 2. The fraction of sp³-hybridized carbons (Fsp3) is 0.522. The number of urea groups is 1. The van der Waals surface area contributed by atoms with Gasteiger partial charge in [0.1, 0.15) is 0 Å². The molecular formula is C23H30N4O. The Morgan fingerprint density at radius 3 is 2.89 bits per heavy atom. The molecule has 1 aromatic carbocycles. The third-order valence-electron chi connectivity index (χ3n) is 6.19. The fourth-order valence-electron chi connectivity index (χ4n) is 4.65. The predicted molar refractivity (Wildman–Crippen MR) is 111 cm³/mol. The van der Waals surface area contributed by atoms with Crippen LogP contribution >= 0.6 is 0 Å². The maximum Gasteiger partial charge on any atom is 0.317 e. The van der Waals surface area contributed by atoms with Crippen LogP contribution in [-0.4, -0.2) is 40.5 Å². The Labute approximate surface area is 167 Å². The van der Waals surface area contributed by atoms with Crippen LogP contribution in [0.1, 0.15) is 56.7 Å². The van der Waals surface area contributed by atoms with Crippen molar-refractivity contribution in [2.24, 2.45) is 0 Å². The minimum absolute atomic E-state index is 0.0131. The molecule has 5 nitrogen and oxygen atoms in total.